The summed E-state index contributed by atoms with van der Waals surface area (Å²) >= 11 is 26.7. The summed E-state index contributed by atoms with van der Waals surface area (Å²) < 4.78 is 0. The van der Waals surface area contributed by atoms with Gasteiger partial charge in [0, 0.05) is 33.0 Å². The summed E-state index contributed by atoms with van der Waals surface area (Å²) in [7, 11) is 0. The Labute approximate surface area is 321 Å². The van der Waals surface area contributed by atoms with E-state index in [1.165, 1.54) is 0 Å². The predicted molar refractivity (Wildman–Crippen MR) is 182 cm³/mol. The Morgan fingerprint density at radius 1 is 0.375 bits per heavy atom. The Morgan fingerprint density at radius 3 is 1.02 bits per heavy atom. The van der Waals surface area contributed by atoms with Crippen LogP contribution in [0.4, 0.5) is 0 Å². The van der Waals surface area contributed by atoms with E-state index in [-0.39, 0.29) is 74.7 Å². The summed E-state index contributed by atoms with van der Waals surface area (Å²) in [6.45, 7) is 0. The Balaban J connectivity index is 0.00000113. The smallest absolute Gasteiger partial charge is 1.00 e. The van der Waals surface area contributed by atoms with Crippen molar-refractivity contribution in [3.63, 3.8) is 0 Å². The van der Waals surface area contributed by atoms with E-state index in [1.807, 2.05) is 72.8 Å². The van der Waals surface area contributed by atoms with Crippen LogP contribution in [0.1, 0.15) is 0 Å². The summed E-state index contributed by atoms with van der Waals surface area (Å²) in [5.74, 6) is 1.85. The van der Waals surface area contributed by atoms with Crippen LogP contribution >= 0.6 is 46.4 Å². The molecule has 0 atom stereocenters. The Kier molecular flexibility index (Phi) is 10.2. The molecular weight excluding hydrogens is 772 g/mol. The van der Waals surface area contributed by atoms with Gasteiger partial charge in [-0.15, -0.1) is 0 Å². The maximum absolute atomic E-state index is 6.80. The molecule has 2 aliphatic rings. The fourth-order valence-corrected chi connectivity index (χ4v) is 6.78. The van der Waals surface area contributed by atoms with Crippen LogP contribution in [-0.4, -0.2) is 57.2 Å². The summed E-state index contributed by atoms with van der Waals surface area (Å²) in [5.41, 5.74) is 5.20. The number of hydrogen-bond acceptors (Lipinski definition) is 6. The maximum Gasteiger partial charge on any atom is 3.00 e. The molecule has 2 aliphatic heterocycles. The van der Waals surface area contributed by atoms with Crippen molar-refractivity contribution in [2.45, 2.75) is 0 Å². The van der Waals surface area contributed by atoms with Crippen molar-refractivity contribution in [1.29, 1.82) is 0 Å². The van der Waals surface area contributed by atoms with Crippen LogP contribution in [0.15, 0.2) is 72.8 Å². The fraction of sp³-hybridized carbons (Fsp3) is 0. The van der Waals surface area contributed by atoms with Crippen LogP contribution < -0.4 is 37.2 Å². The zero-order valence-corrected chi connectivity index (χ0v) is 30.3. The maximum atomic E-state index is 6.80. The SMILES string of the molecule is Clc1c(Cl)c(Cl)c2c3nc4nc(nc5[nH]c(nc6nc(nc([nH]3)c2c1Cl)-c1ccccc1-6)c1ccccc51)-c1ccccc1-4.[Al+3].[Cl-].[Cl-].[Cl-]. The molecule has 16 heteroatoms. The van der Waals surface area contributed by atoms with Crippen LogP contribution in [0.2, 0.25) is 20.1 Å². The molecule has 8 bridgehead atoms. The first-order chi connectivity index (χ1) is 21.5. The van der Waals surface area contributed by atoms with Crippen molar-refractivity contribution in [3.05, 3.63) is 92.9 Å². The number of H-pyrrole nitrogens is 2. The molecule has 0 radical (unpaired) electrons. The van der Waals surface area contributed by atoms with Crippen molar-refractivity contribution in [3.8, 4) is 45.6 Å². The van der Waals surface area contributed by atoms with E-state index >= 15 is 0 Å². The summed E-state index contributed by atoms with van der Waals surface area (Å²) in [4.78, 5) is 36.3. The molecule has 2 N–H and O–H groups in total. The standard InChI is InChI=1S/C32H14Cl4N8.Al.3ClH/c33-21-19-20(22(34)24(36)23(21)35)32-43-30-18-12-6-4-10-16(18)28(41-30)39-26-14-8-2-1-7-13(14)25(37-26)38-27-15-9-3-5-11-17(15)29(40-27)42-31(19)44-32;;;;/h1-12H,(H2,37,38,39,40,41,42,43,44);;3*1H/q;+3;;;/p-3. The van der Waals surface area contributed by atoms with Gasteiger partial charge in [-0.2, -0.15) is 0 Å². The van der Waals surface area contributed by atoms with Gasteiger partial charge in [0.05, 0.1) is 30.9 Å². The zero-order valence-electron chi connectivity index (χ0n) is 23.8. The number of nitrogens with zero attached hydrogens (tertiary/aromatic N) is 6. The zero-order chi connectivity index (χ0) is 29.7. The van der Waals surface area contributed by atoms with Gasteiger partial charge in [-0.3, -0.25) is 0 Å². The first-order valence-corrected chi connectivity index (χ1v) is 14.9. The summed E-state index contributed by atoms with van der Waals surface area (Å²) in [5, 5.41) is 3.31. The summed E-state index contributed by atoms with van der Waals surface area (Å²) in [6.07, 6.45) is 0. The molecule has 4 aromatic carbocycles. The average molecular weight is 786 g/mol. The molecule has 9 rings (SSSR count). The molecule has 5 heterocycles. The van der Waals surface area contributed by atoms with E-state index in [1.54, 1.807) is 0 Å². The Hall–Kier alpha value is -3.20. The van der Waals surface area contributed by atoms with Crippen LogP contribution in [0.3, 0.4) is 0 Å². The van der Waals surface area contributed by atoms with Crippen LogP contribution in [0.5, 0.6) is 0 Å². The number of halogens is 7. The van der Waals surface area contributed by atoms with Crippen molar-refractivity contribution in [1.82, 2.24) is 39.9 Å². The third-order valence-corrected chi connectivity index (χ3v) is 9.57. The van der Waals surface area contributed by atoms with Gasteiger partial charge in [0.1, 0.15) is 22.6 Å². The van der Waals surface area contributed by atoms with Gasteiger partial charge in [-0.05, 0) is 0 Å². The van der Waals surface area contributed by atoms with E-state index in [4.69, 9.17) is 76.3 Å². The fourth-order valence-electron chi connectivity index (χ4n) is 5.75. The normalized spacial score (nSPS) is 11.1. The minimum absolute atomic E-state index is 0. The van der Waals surface area contributed by atoms with Crippen molar-refractivity contribution in [2.24, 2.45) is 0 Å². The van der Waals surface area contributed by atoms with Gasteiger partial charge in [-0.1, -0.05) is 119 Å². The van der Waals surface area contributed by atoms with Gasteiger partial charge in [0.15, 0.2) is 23.3 Å². The first-order valence-electron chi connectivity index (χ1n) is 13.4. The molecule has 48 heavy (non-hydrogen) atoms. The minimum Gasteiger partial charge on any atom is -1.00 e. The third kappa shape index (κ3) is 5.39. The van der Waals surface area contributed by atoms with Crippen LogP contribution in [0, 0.1) is 0 Å². The van der Waals surface area contributed by atoms with Gasteiger partial charge in [0.2, 0.25) is 0 Å². The molecule has 0 saturated heterocycles. The Morgan fingerprint density at radius 2 is 0.667 bits per heavy atom. The van der Waals surface area contributed by atoms with E-state index in [0.29, 0.717) is 56.7 Å². The second kappa shape index (κ2) is 13.6. The second-order valence-corrected chi connectivity index (χ2v) is 11.8. The number of benzene rings is 4. The second-order valence-electron chi connectivity index (χ2n) is 10.3. The van der Waals surface area contributed by atoms with Crippen molar-refractivity contribution in [2.75, 3.05) is 0 Å². The molecule has 0 fully saturated rings. The van der Waals surface area contributed by atoms with E-state index in [0.717, 1.165) is 33.0 Å². The molecule has 0 amide bonds. The van der Waals surface area contributed by atoms with Crippen molar-refractivity contribution >= 4 is 108 Å². The van der Waals surface area contributed by atoms with E-state index in [9.17, 15) is 0 Å². The predicted octanol–water partition coefficient (Wildman–Crippen LogP) is 0.114. The van der Waals surface area contributed by atoms with Crippen LogP contribution in [0.25, 0.3) is 89.7 Å². The molecule has 7 aromatic rings. The van der Waals surface area contributed by atoms with Gasteiger partial charge in [0.25, 0.3) is 0 Å². The number of nitrogens with one attached hydrogen (secondary N) is 2. The Bertz CT molecular complexity index is 2420. The topological polar surface area (TPSA) is 109 Å². The van der Waals surface area contributed by atoms with E-state index < -0.39 is 0 Å². The van der Waals surface area contributed by atoms with Crippen molar-refractivity contribution < 1.29 is 37.2 Å². The molecule has 234 valence electrons. The molecule has 0 spiro atoms. The van der Waals surface area contributed by atoms with Gasteiger partial charge in [-0.25, -0.2) is 29.9 Å². The quantitative estimate of drug-likeness (QED) is 0.129. The molecule has 0 unspecified atom stereocenters. The van der Waals surface area contributed by atoms with E-state index in [2.05, 4.69) is 9.97 Å². The first kappa shape index (κ1) is 36.1. The number of hydrogen-bond donors (Lipinski definition) is 2. The third-order valence-electron chi connectivity index (χ3n) is 7.76. The molecule has 8 nitrogen and oxygen atoms in total. The molecule has 3 aromatic heterocycles. The number of rotatable bonds is 0. The number of aromatic nitrogens is 8. The monoisotopic (exact) mass is 782 g/mol. The minimum atomic E-state index is 0. The molecule has 0 saturated carbocycles. The largest absolute Gasteiger partial charge is 3.00 e. The molecular formula is C32H14AlCl7N8. The van der Waals surface area contributed by atoms with Gasteiger partial charge < -0.3 is 47.2 Å². The number of aromatic amines is 2. The van der Waals surface area contributed by atoms with Crippen LogP contribution in [-0.2, 0) is 0 Å². The number of fused-ring (bicyclic) bond motifs is 20. The summed E-state index contributed by atoms with van der Waals surface area (Å²) in [6, 6.07) is 23.4. The molecule has 0 aliphatic carbocycles. The average Bonchev–Trinajstić information content (AvgIpc) is 3.78. The van der Waals surface area contributed by atoms with Gasteiger partial charge >= 0.3 is 17.4 Å².